The molecule has 3 rings (SSSR count). The molecule has 0 spiro atoms. The highest BCUT2D eigenvalue weighted by Crippen LogP contribution is 2.31. The van der Waals surface area contributed by atoms with E-state index in [4.69, 9.17) is 4.74 Å². The number of nitrogens with zero attached hydrogens (tertiary/aromatic N) is 1. The van der Waals surface area contributed by atoms with Crippen LogP contribution in [0.5, 0.6) is 11.5 Å². The molecule has 0 aliphatic carbocycles. The van der Waals surface area contributed by atoms with Crippen molar-refractivity contribution in [2.45, 2.75) is 13.5 Å². The van der Waals surface area contributed by atoms with Crippen LogP contribution in [0.3, 0.4) is 0 Å². The number of phenolic OH excluding ortho intramolecular Hbond substituents is 1. The highest BCUT2D eigenvalue weighted by atomic mass is 32.1. The Morgan fingerprint density at radius 1 is 1.09 bits per heavy atom. The number of phenols is 1. The normalized spacial score (nSPS) is 10.5. The van der Waals surface area contributed by atoms with Crippen LogP contribution < -0.4 is 10.1 Å². The van der Waals surface area contributed by atoms with Crippen molar-refractivity contribution in [3.8, 4) is 22.8 Å². The maximum Gasteiger partial charge on any atom is 0.183 e. The molecule has 0 aliphatic heterocycles. The minimum absolute atomic E-state index is 0.278. The van der Waals surface area contributed by atoms with E-state index in [9.17, 15) is 5.11 Å². The molecular weight excluding hydrogens is 308 g/mol. The number of anilines is 1. The second-order valence-electron chi connectivity index (χ2n) is 5.17. The Bertz CT molecular complexity index is 780. The van der Waals surface area contributed by atoms with Crippen molar-refractivity contribution in [2.75, 3.05) is 12.4 Å². The van der Waals surface area contributed by atoms with Crippen LogP contribution >= 0.6 is 11.3 Å². The van der Waals surface area contributed by atoms with Crippen molar-refractivity contribution in [3.05, 3.63) is 59.0 Å². The number of methoxy groups -OCH3 is 1. The van der Waals surface area contributed by atoms with Crippen molar-refractivity contribution in [2.24, 2.45) is 0 Å². The summed E-state index contributed by atoms with van der Waals surface area (Å²) in [6.07, 6.45) is 0. The standard InChI is InChI=1S/C18H18N2O2S/c1-12-17(14-5-9-16(22-2)10-6-14)20-18(23-12)19-11-13-3-7-15(21)8-4-13/h3-10,21H,11H2,1-2H3,(H,19,20). The molecule has 1 aromatic heterocycles. The van der Waals surface area contributed by atoms with Crippen molar-refractivity contribution >= 4 is 16.5 Å². The lowest BCUT2D eigenvalue weighted by molar-refractivity contribution is 0.415. The first-order chi connectivity index (χ1) is 11.2. The summed E-state index contributed by atoms with van der Waals surface area (Å²) >= 11 is 1.64. The lowest BCUT2D eigenvalue weighted by Gasteiger charge is -2.03. The van der Waals surface area contributed by atoms with Gasteiger partial charge in [-0.2, -0.15) is 0 Å². The largest absolute Gasteiger partial charge is 0.508 e. The predicted molar refractivity (Wildman–Crippen MR) is 94.3 cm³/mol. The number of nitrogens with one attached hydrogen (secondary N) is 1. The van der Waals surface area contributed by atoms with E-state index in [0.717, 1.165) is 27.7 Å². The second kappa shape index (κ2) is 6.71. The molecule has 3 aromatic rings. The van der Waals surface area contributed by atoms with Gasteiger partial charge < -0.3 is 15.2 Å². The quantitative estimate of drug-likeness (QED) is 0.727. The van der Waals surface area contributed by atoms with Gasteiger partial charge in [0.05, 0.1) is 12.8 Å². The van der Waals surface area contributed by atoms with Crippen LogP contribution in [0.15, 0.2) is 48.5 Å². The van der Waals surface area contributed by atoms with Crippen LogP contribution in [0, 0.1) is 6.92 Å². The average Bonchev–Trinajstić information content (AvgIpc) is 2.95. The molecule has 0 bridgehead atoms. The lowest BCUT2D eigenvalue weighted by atomic mass is 10.1. The molecule has 0 amide bonds. The Labute approximate surface area is 139 Å². The van der Waals surface area contributed by atoms with E-state index < -0.39 is 0 Å². The average molecular weight is 326 g/mol. The zero-order chi connectivity index (χ0) is 16.2. The van der Waals surface area contributed by atoms with Gasteiger partial charge in [-0.1, -0.05) is 12.1 Å². The van der Waals surface area contributed by atoms with Gasteiger partial charge in [0.25, 0.3) is 0 Å². The van der Waals surface area contributed by atoms with Crippen molar-refractivity contribution in [3.63, 3.8) is 0 Å². The minimum atomic E-state index is 0.278. The van der Waals surface area contributed by atoms with Crippen LogP contribution in [-0.2, 0) is 6.54 Å². The molecule has 0 fully saturated rings. The van der Waals surface area contributed by atoms with Gasteiger partial charge in [0.2, 0.25) is 0 Å². The van der Waals surface area contributed by atoms with Crippen LogP contribution in [-0.4, -0.2) is 17.2 Å². The first-order valence-electron chi connectivity index (χ1n) is 7.29. The molecule has 2 aromatic carbocycles. The zero-order valence-corrected chi connectivity index (χ0v) is 13.9. The summed E-state index contributed by atoms with van der Waals surface area (Å²) in [5.74, 6) is 1.12. The lowest BCUT2D eigenvalue weighted by Crippen LogP contribution is -1.98. The number of benzene rings is 2. The van der Waals surface area contributed by atoms with E-state index in [2.05, 4.69) is 17.2 Å². The Kier molecular flexibility index (Phi) is 4.48. The summed E-state index contributed by atoms with van der Waals surface area (Å²) in [6, 6.07) is 15.1. The SMILES string of the molecule is COc1ccc(-c2nc(NCc3ccc(O)cc3)sc2C)cc1. The molecule has 0 radical (unpaired) electrons. The van der Waals surface area contributed by atoms with Crippen molar-refractivity contribution in [1.29, 1.82) is 0 Å². The monoisotopic (exact) mass is 326 g/mol. The van der Waals surface area contributed by atoms with Gasteiger partial charge in [0.1, 0.15) is 11.5 Å². The first kappa shape index (κ1) is 15.4. The minimum Gasteiger partial charge on any atom is -0.508 e. The molecule has 0 atom stereocenters. The first-order valence-corrected chi connectivity index (χ1v) is 8.11. The highest BCUT2D eigenvalue weighted by molar-refractivity contribution is 7.16. The Balaban J connectivity index is 1.73. The molecular formula is C18H18N2O2S. The third kappa shape index (κ3) is 3.63. The fourth-order valence-corrected chi connectivity index (χ4v) is 3.11. The smallest absolute Gasteiger partial charge is 0.183 e. The molecule has 118 valence electrons. The molecule has 0 unspecified atom stereocenters. The van der Waals surface area contributed by atoms with Gasteiger partial charge in [-0.3, -0.25) is 0 Å². The zero-order valence-electron chi connectivity index (χ0n) is 13.0. The molecule has 5 heteroatoms. The fourth-order valence-electron chi connectivity index (χ4n) is 2.28. The summed E-state index contributed by atoms with van der Waals surface area (Å²) in [4.78, 5) is 5.86. The molecule has 2 N–H and O–H groups in total. The number of rotatable bonds is 5. The van der Waals surface area contributed by atoms with E-state index >= 15 is 0 Å². The van der Waals surface area contributed by atoms with Gasteiger partial charge in [-0.05, 0) is 48.9 Å². The molecule has 4 nitrogen and oxygen atoms in total. The maximum atomic E-state index is 9.31. The Morgan fingerprint density at radius 3 is 2.43 bits per heavy atom. The molecule has 23 heavy (non-hydrogen) atoms. The number of hydrogen-bond donors (Lipinski definition) is 2. The summed E-state index contributed by atoms with van der Waals surface area (Å²) in [5, 5.41) is 13.5. The van der Waals surface area contributed by atoms with E-state index in [1.54, 1.807) is 30.6 Å². The molecule has 0 saturated heterocycles. The number of hydrogen-bond acceptors (Lipinski definition) is 5. The van der Waals surface area contributed by atoms with E-state index in [-0.39, 0.29) is 5.75 Å². The van der Waals surface area contributed by atoms with E-state index in [1.807, 2.05) is 36.4 Å². The summed E-state index contributed by atoms with van der Waals surface area (Å²) < 4.78 is 5.19. The van der Waals surface area contributed by atoms with Crippen molar-refractivity contribution < 1.29 is 9.84 Å². The second-order valence-corrected chi connectivity index (χ2v) is 6.38. The van der Waals surface area contributed by atoms with Crippen LogP contribution in [0.2, 0.25) is 0 Å². The van der Waals surface area contributed by atoms with Gasteiger partial charge >= 0.3 is 0 Å². The number of aromatic hydroxyl groups is 1. The maximum absolute atomic E-state index is 9.31. The van der Waals surface area contributed by atoms with Gasteiger partial charge in [0.15, 0.2) is 5.13 Å². The van der Waals surface area contributed by atoms with Gasteiger partial charge in [-0.25, -0.2) is 4.98 Å². The van der Waals surface area contributed by atoms with Crippen LogP contribution in [0.4, 0.5) is 5.13 Å². The number of aryl methyl sites for hydroxylation is 1. The predicted octanol–water partition coefficient (Wildman–Crippen LogP) is 4.44. The van der Waals surface area contributed by atoms with Gasteiger partial charge in [0, 0.05) is 17.0 Å². The van der Waals surface area contributed by atoms with Crippen LogP contribution in [0.25, 0.3) is 11.3 Å². The summed E-state index contributed by atoms with van der Waals surface area (Å²) in [5.41, 5.74) is 3.17. The molecule has 1 heterocycles. The van der Waals surface area contributed by atoms with E-state index in [0.29, 0.717) is 6.54 Å². The Morgan fingerprint density at radius 2 is 1.78 bits per heavy atom. The fraction of sp³-hybridized carbons (Fsp3) is 0.167. The molecule has 0 aliphatic rings. The molecule has 0 saturated carbocycles. The van der Waals surface area contributed by atoms with E-state index in [1.165, 1.54) is 4.88 Å². The number of thiazole rings is 1. The number of ether oxygens (including phenoxy) is 1. The Hall–Kier alpha value is -2.53. The summed E-state index contributed by atoms with van der Waals surface area (Å²) in [6.45, 7) is 2.75. The van der Waals surface area contributed by atoms with Crippen LogP contribution in [0.1, 0.15) is 10.4 Å². The topological polar surface area (TPSA) is 54.4 Å². The number of aromatic nitrogens is 1. The third-order valence-corrected chi connectivity index (χ3v) is 4.47. The highest BCUT2D eigenvalue weighted by Gasteiger charge is 2.10. The third-order valence-electron chi connectivity index (χ3n) is 3.54. The summed E-state index contributed by atoms with van der Waals surface area (Å²) in [7, 11) is 1.66. The van der Waals surface area contributed by atoms with Crippen molar-refractivity contribution in [1.82, 2.24) is 4.98 Å². The van der Waals surface area contributed by atoms with Gasteiger partial charge in [-0.15, -0.1) is 11.3 Å².